The maximum absolute atomic E-state index is 11.7. The van der Waals surface area contributed by atoms with Gasteiger partial charge < -0.3 is 9.73 Å². The fourth-order valence-electron chi connectivity index (χ4n) is 1.48. The lowest BCUT2D eigenvalue weighted by atomic mass is 10.2. The molecule has 1 aromatic heterocycles. The first kappa shape index (κ1) is 15.0. The number of carbonyl (C=O) groups excluding carboxylic acids is 1. The minimum Gasteiger partial charge on any atom is -0.455 e. The molecule has 0 fully saturated rings. The number of furan rings is 1. The summed E-state index contributed by atoms with van der Waals surface area (Å²) >= 11 is 0. The van der Waals surface area contributed by atoms with Crippen LogP contribution in [-0.2, 0) is 9.05 Å². The highest BCUT2D eigenvalue weighted by atomic mass is 35.7. The molecule has 5 nitrogen and oxygen atoms in total. The van der Waals surface area contributed by atoms with Crippen molar-refractivity contribution in [2.45, 2.75) is 38.0 Å². The quantitative estimate of drug-likeness (QED) is 0.645. The van der Waals surface area contributed by atoms with Crippen LogP contribution in [0.1, 0.15) is 42.5 Å². The smallest absolute Gasteiger partial charge is 0.287 e. The summed E-state index contributed by atoms with van der Waals surface area (Å²) in [6.07, 6.45) is 2.96. The third-order valence-electron chi connectivity index (χ3n) is 2.42. The van der Waals surface area contributed by atoms with Gasteiger partial charge in [0, 0.05) is 23.3 Å². The van der Waals surface area contributed by atoms with Gasteiger partial charge >= 0.3 is 0 Å². The standard InChI is InChI=1S/C11H16ClNO4S/c1-3-4-5-6-13-11(14)9-7-10(8(2)17-9)18(12,15)16/h7H,3-6H2,1-2H3,(H,13,14). The molecule has 0 spiro atoms. The van der Waals surface area contributed by atoms with Crippen LogP contribution >= 0.6 is 10.7 Å². The first-order valence-electron chi connectivity index (χ1n) is 5.69. The molecule has 0 saturated heterocycles. The van der Waals surface area contributed by atoms with Crippen molar-refractivity contribution in [2.75, 3.05) is 6.54 Å². The molecule has 0 aromatic carbocycles. The normalized spacial score (nSPS) is 11.5. The monoisotopic (exact) mass is 293 g/mol. The third kappa shape index (κ3) is 4.03. The Morgan fingerprint density at radius 2 is 2.11 bits per heavy atom. The van der Waals surface area contributed by atoms with Gasteiger partial charge in [-0.3, -0.25) is 4.79 Å². The lowest BCUT2D eigenvalue weighted by Crippen LogP contribution is -2.23. The summed E-state index contributed by atoms with van der Waals surface area (Å²) < 4.78 is 27.4. The van der Waals surface area contributed by atoms with E-state index in [9.17, 15) is 13.2 Å². The Hall–Kier alpha value is -1.01. The number of aryl methyl sites for hydroxylation is 1. The highest BCUT2D eigenvalue weighted by molar-refractivity contribution is 8.13. The average Bonchev–Trinajstić information content (AvgIpc) is 2.66. The van der Waals surface area contributed by atoms with E-state index >= 15 is 0 Å². The third-order valence-corrected chi connectivity index (χ3v) is 3.85. The first-order valence-corrected chi connectivity index (χ1v) is 8.00. The highest BCUT2D eigenvalue weighted by Gasteiger charge is 2.21. The Balaban J connectivity index is 2.71. The van der Waals surface area contributed by atoms with Crippen LogP contribution in [0.3, 0.4) is 0 Å². The van der Waals surface area contributed by atoms with Crippen molar-refractivity contribution in [2.24, 2.45) is 0 Å². The maximum Gasteiger partial charge on any atom is 0.287 e. The predicted octanol–water partition coefficient (Wildman–Crippen LogP) is 2.44. The van der Waals surface area contributed by atoms with Crippen LogP contribution in [0, 0.1) is 6.92 Å². The van der Waals surface area contributed by atoms with Crippen LogP contribution in [0.4, 0.5) is 0 Å². The molecule has 102 valence electrons. The van der Waals surface area contributed by atoms with Crippen LogP contribution < -0.4 is 5.32 Å². The van der Waals surface area contributed by atoms with Crippen LogP contribution in [0.5, 0.6) is 0 Å². The van der Waals surface area contributed by atoms with E-state index in [1.807, 2.05) is 0 Å². The van der Waals surface area contributed by atoms with E-state index in [0.717, 1.165) is 25.3 Å². The molecular weight excluding hydrogens is 278 g/mol. The van der Waals surface area contributed by atoms with Crippen molar-refractivity contribution in [1.82, 2.24) is 5.32 Å². The van der Waals surface area contributed by atoms with E-state index < -0.39 is 15.0 Å². The van der Waals surface area contributed by atoms with E-state index in [1.165, 1.54) is 6.92 Å². The lowest BCUT2D eigenvalue weighted by molar-refractivity contribution is 0.0924. The number of hydrogen-bond acceptors (Lipinski definition) is 4. The van der Waals surface area contributed by atoms with E-state index in [0.29, 0.717) is 6.54 Å². The fourth-order valence-corrected chi connectivity index (χ4v) is 2.58. The van der Waals surface area contributed by atoms with Gasteiger partial charge in [-0.15, -0.1) is 0 Å². The van der Waals surface area contributed by atoms with Crippen LogP contribution in [0.15, 0.2) is 15.4 Å². The molecular formula is C11H16ClNO4S. The zero-order valence-electron chi connectivity index (χ0n) is 10.3. The zero-order chi connectivity index (χ0) is 13.8. The number of amides is 1. The fraction of sp³-hybridized carbons (Fsp3) is 0.545. The SMILES string of the molecule is CCCCCNC(=O)c1cc(S(=O)(=O)Cl)c(C)o1. The molecule has 0 unspecified atom stereocenters. The average molecular weight is 294 g/mol. The molecule has 1 amide bonds. The lowest BCUT2D eigenvalue weighted by Gasteiger charge is -2.01. The van der Waals surface area contributed by atoms with E-state index in [-0.39, 0.29) is 16.4 Å². The van der Waals surface area contributed by atoms with Gasteiger partial charge in [0.25, 0.3) is 15.0 Å². The molecule has 0 aliphatic heterocycles. The van der Waals surface area contributed by atoms with Crippen molar-refractivity contribution >= 4 is 25.6 Å². The topological polar surface area (TPSA) is 76.4 Å². The number of rotatable bonds is 6. The first-order chi connectivity index (χ1) is 8.36. The summed E-state index contributed by atoms with van der Waals surface area (Å²) in [6.45, 7) is 4.05. The summed E-state index contributed by atoms with van der Waals surface area (Å²) in [5, 5.41) is 2.66. The molecule has 0 saturated carbocycles. The Labute approximate surface area is 111 Å². The van der Waals surface area contributed by atoms with Gasteiger partial charge in [-0.25, -0.2) is 8.42 Å². The van der Waals surface area contributed by atoms with Crippen molar-refractivity contribution in [3.8, 4) is 0 Å². The van der Waals surface area contributed by atoms with Crippen molar-refractivity contribution in [3.05, 3.63) is 17.6 Å². The number of carbonyl (C=O) groups is 1. The van der Waals surface area contributed by atoms with Gasteiger partial charge in [0.2, 0.25) is 0 Å². The largest absolute Gasteiger partial charge is 0.455 e. The summed E-state index contributed by atoms with van der Waals surface area (Å²) in [7, 11) is 1.33. The summed E-state index contributed by atoms with van der Waals surface area (Å²) in [6, 6.07) is 1.15. The molecule has 1 N–H and O–H groups in total. The molecule has 18 heavy (non-hydrogen) atoms. The Morgan fingerprint density at radius 1 is 1.44 bits per heavy atom. The zero-order valence-corrected chi connectivity index (χ0v) is 11.9. The molecule has 0 bridgehead atoms. The van der Waals surface area contributed by atoms with Crippen molar-refractivity contribution < 1.29 is 17.6 Å². The summed E-state index contributed by atoms with van der Waals surface area (Å²) in [5.74, 6) is -0.354. The van der Waals surface area contributed by atoms with Gasteiger partial charge in [0.05, 0.1) is 0 Å². The Morgan fingerprint density at radius 3 is 2.61 bits per heavy atom. The van der Waals surface area contributed by atoms with E-state index in [2.05, 4.69) is 12.2 Å². The van der Waals surface area contributed by atoms with Crippen molar-refractivity contribution in [3.63, 3.8) is 0 Å². The molecule has 1 heterocycles. The summed E-state index contributed by atoms with van der Waals surface area (Å²) in [4.78, 5) is 11.5. The highest BCUT2D eigenvalue weighted by Crippen LogP contribution is 2.23. The number of unbranched alkanes of at least 4 members (excludes halogenated alkanes) is 2. The van der Waals surface area contributed by atoms with Crippen LogP contribution in [0.25, 0.3) is 0 Å². The van der Waals surface area contributed by atoms with E-state index in [1.54, 1.807) is 0 Å². The second-order valence-corrected chi connectivity index (χ2v) is 6.47. The van der Waals surface area contributed by atoms with Gasteiger partial charge in [0.15, 0.2) is 5.76 Å². The van der Waals surface area contributed by atoms with Gasteiger partial charge in [0.1, 0.15) is 10.7 Å². The predicted molar refractivity (Wildman–Crippen MR) is 68.3 cm³/mol. The van der Waals surface area contributed by atoms with Crippen molar-refractivity contribution in [1.29, 1.82) is 0 Å². The maximum atomic E-state index is 11.7. The molecule has 0 atom stereocenters. The Bertz CT molecular complexity index is 521. The van der Waals surface area contributed by atoms with Crippen LogP contribution in [0.2, 0.25) is 0 Å². The molecule has 0 aliphatic carbocycles. The second kappa shape index (κ2) is 6.24. The summed E-state index contributed by atoms with van der Waals surface area (Å²) in [5.41, 5.74) is 0. The van der Waals surface area contributed by atoms with Gasteiger partial charge in [-0.05, 0) is 13.3 Å². The minimum absolute atomic E-state index is 0.0387. The molecule has 1 rings (SSSR count). The van der Waals surface area contributed by atoms with Crippen LogP contribution in [-0.4, -0.2) is 20.9 Å². The van der Waals surface area contributed by atoms with Gasteiger partial charge in [-0.1, -0.05) is 19.8 Å². The molecule has 7 heteroatoms. The second-order valence-electron chi connectivity index (χ2n) is 3.93. The van der Waals surface area contributed by atoms with Gasteiger partial charge in [-0.2, -0.15) is 0 Å². The molecule has 1 aromatic rings. The number of halogens is 1. The van der Waals surface area contributed by atoms with E-state index in [4.69, 9.17) is 15.1 Å². The minimum atomic E-state index is -3.88. The molecule has 0 aliphatic rings. The Kier molecular flexibility index (Phi) is 5.22. The molecule has 0 radical (unpaired) electrons. The number of nitrogens with one attached hydrogen (secondary N) is 1. The number of hydrogen-bond donors (Lipinski definition) is 1.